The molecule has 8 heteroatoms. The largest absolute Gasteiger partial charge is 0.459 e. The molecule has 4 rings (SSSR count). The van der Waals surface area contributed by atoms with E-state index in [4.69, 9.17) is 4.42 Å². The first kappa shape index (κ1) is 16.8. The molecule has 1 aromatic carbocycles. The van der Waals surface area contributed by atoms with Crippen molar-refractivity contribution in [2.75, 3.05) is 11.4 Å². The summed E-state index contributed by atoms with van der Waals surface area (Å²) in [5.41, 5.74) is 0.550. The van der Waals surface area contributed by atoms with E-state index in [0.29, 0.717) is 25.1 Å². The minimum Gasteiger partial charge on any atom is -0.459 e. The molecular formula is C18H16BrN3O4. The molecule has 134 valence electrons. The summed E-state index contributed by atoms with van der Waals surface area (Å²) in [6.07, 6.45) is 2.42. The van der Waals surface area contributed by atoms with E-state index >= 15 is 0 Å². The van der Waals surface area contributed by atoms with Crippen LogP contribution in [0.5, 0.6) is 0 Å². The summed E-state index contributed by atoms with van der Waals surface area (Å²) in [7, 11) is 0. The molecule has 3 heterocycles. The van der Waals surface area contributed by atoms with E-state index in [1.165, 1.54) is 11.2 Å². The quantitative estimate of drug-likeness (QED) is 0.778. The van der Waals surface area contributed by atoms with Crippen LogP contribution in [0.2, 0.25) is 0 Å². The summed E-state index contributed by atoms with van der Waals surface area (Å²) in [4.78, 5) is 40.4. The zero-order valence-electron chi connectivity index (χ0n) is 13.7. The lowest BCUT2D eigenvalue weighted by molar-refractivity contribution is -0.120. The highest BCUT2D eigenvalue weighted by molar-refractivity contribution is 9.10. The summed E-state index contributed by atoms with van der Waals surface area (Å²) in [6, 6.07) is 9.23. The maximum atomic E-state index is 12.8. The molecule has 0 saturated carbocycles. The lowest BCUT2D eigenvalue weighted by Gasteiger charge is -2.32. The van der Waals surface area contributed by atoms with Gasteiger partial charge in [-0.1, -0.05) is 15.9 Å². The van der Waals surface area contributed by atoms with Crippen LogP contribution in [0, 0.1) is 0 Å². The van der Waals surface area contributed by atoms with Crippen LogP contribution in [-0.4, -0.2) is 41.4 Å². The lowest BCUT2D eigenvalue weighted by Crippen LogP contribution is -2.49. The maximum absolute atomic E-state index is 12.8. The number of hydrogen-bond acceptors (Lipinski definition) is 4. The van der Waals surface area contributed by atoms with Gasteiger partial charge in [-0.05, 0) is 49.2 Å². The van der Waals surface area contributed by atoms with Gasteiger partial charge in [-0.15, -0.1) is 0 Å². The highest BCUT2D eigenvalue weighted by Gasteiger charge is 2.48. The molecule has 0 radical (unpaired) electrons. The van der Waals surface area contributed by atoms with Gasteiger partial charge in [-0.25, -0.2) is 9.69 Å². The number of amides is 4. The number of piperidine rings is 1. The van der Waals surface area contributed by atoms with E-state index in [2.05, 4.69) is 21.2 Å². The van der Waals surface area contributed by atoms with Crippen molar-refractivity contribution in [2.45, 2.75) is 24.9 Å². The Morgan fingerprint density at radius 3 is 2.65 bits per heavy atom. The molecule has 4 amide bonds. The number of nitrogens with zero attached hydrogens (tertiary/aromatic N) is 2. The fourth-order valence-electron chi connectivity index (χ4n) is 3.42. The zero-order chi connectivity index (χ0) is 18.3. The Kier molecular flexibility index (Phi) is 4.28. The number of imide groups is 1. The Bertz CT molecular complexity index is 850. The highest BCUT2D eigenvalue weighted by Crippen LogP contribution is 2.31. The summed E-state index contributed by atoms with van der Waals surface area (Å²) < 4.78 is 5.96. The van der Waals surface area contributed by atoms with E-state index in [1.54, 1.807) is 41.3 Å². The fourth-order valence-corrected chi connectivity index (χ4v) is 3.69. The van der Waals surface area contributed by atoms with Crippen molar-refractivity contribution in [3.05, 3.63) is 52.9 Å². The maximum Gasteiger partial charge on any atom is 0.332 e. The van der Waals surface area contributed by atoms with E-state index in [9.17, 15) is 14.4 Å². The molecule has 0 bridgehead atoms. The Hall–Kier alpha value is -2.61. The predicted molar refractivity (Wildman–Crippen MR) is 96.7 cm³/mol. The second kappa shape index (κ2) is 6.60. The van der Waals surface area contributed by atoms with Gasteiger partial charge in [-0.2, -0.15) is 0 Å². The Morgan fingerprint density at radius 1 is 1.19 bits per heavy atom. The second-order valence-corrected chi connectivity index (χ2v) is 7.23. The molecule has 2 fully saturated rings. The first-order valence-corrected chi connectivity index (χ1v) is 9.08. The van der Waals surface area contributed by atoms with Gasteiger partial charge in [0.05, 0.1) is 12.0 Å². The lowest BCUT2D eigenvalue weighted by atomic mass is 9.98. The van der Waals surface area contributed by atoms with Gasteiger partial charge >= 0.3 is 6.03 Å². The van der Waals surface area contributed by atoms with Crippen LogP contribution >= 0.6 is 15.9 Å². The molecule has 2 aliphatic rings. The Labute approximate surface area is 158 Å². The van der Waals surface area contributed by atoms with Crippen LogP contribution in [0.1, 0.15) is 23.4 Å². The number of hydrogen-bond donors (Lipinski definition) is 1. The van der Waals surface area contributed by atoms with Crippen LogP contribution in [-0.2, 0) is 4.79 Å². The zero-order valence-corrected chi connectivity index (χ0v) is 15.3. The monoisotopic (exact) mass is 417 g/mol. The van der Waals surface area contributed by atoms with Gasteiger partial charge in [0.2, 0.25) is 0 Å². The van der Waals surface area contributed by atoms with Crippen LogP contribution in [0.15, 0.2) is 51.6 Å². The number of benzene rings is 1. The van der Waals surface area contributed by atoms with Crippen molar-refractivity contribution in [3.8, 4) is 0 Å². The smallest absolute Gasteiger partial charge is 0.332 e. The molecule has 2 aromatic rings. The number of anilines is 1. The van der Waals surface area contributed by atoms with Gasteiger partial charge in [-0.3, -0.25) is 9.59 Å². The molecule has 0 spiro atoms. The summed E-state index contributed by atoms with van der Waals surface area (Å²) in [5, 5.41) is 2.88. The number of furan rings is 1. The number of carbonyl (C=O) groups excluding carboxylic acids is 3. The first-order chi connectivity index (χ1) is 12.5. The third kappa shape index (κ3) is 2.90. The topological polar surface area (TPSA) is 82.9 Å². The molecule has 0 unspecified atom stereocenters. The van der Waals surface area contributed by atoms with Crippen LogP contribution in [0.3, 0.4) is 0 Å². The van der Waals surface area contributed by atoms with Gasteiger partial charge in [0.25, 0.3) is 11.8 Å². The average Bonchev–Trinajstić information content (AvgIpc) is 3.25. The minimum atomic E-state index is -0.554. The number of carbonyl (C=O) groups is 3. The summed E-state index contributed by atoms with van der Waals surface area (Å²) in [5.74, 6) is -0.331. The van der Waals surface area contributed by atoms with E-state index < -0.39 is 6.04 Å². The molecule has 1 aromatic heterocycles. The van der Waals surface area contributed by atoms with Gasteiger partial charge in [0, 0.05) is 17.1 Å². The van der Waals surface area contributed by atoms with E-state index in [0.717, 1.165) is 4.47 Å². The van der Waals surface area contributed by atoms with E-state index in [-0.39, 0.29) is 29.6 Å². The minimum absolute atomic E-state index is 0.185. The van der Waals surface area contributed by atoms with Gasteiger partial charge < -0.3 is 14.6 Å². The Balaban J connectivity index is 1.49. The molecule has 2 atom stereocenters. The number of nitrogens with one attached hydrogen (secondary N) is 1. The number of urea groups is 1. The van der Waals surface area contributed by atoms with Crippen molar-refractivity contribution >= 4 is 39.5 Å². The Morgan fingerprint density at radius 2 is 1.96 bits per heavy atom. The van der Waals surface area contributed by atoms with Crippen LogP contribution < -0.4 is 10.2 Å². The third-order valence-electron chi connectivity index (χ3n) is 4.71. The van der Waals surface area contributed by atoms with Crippen LogP contribution in [0.4, 0.5) is 10.5 Å². The average molecular weight is 418 g/mol. The molecular weight excluding hydrogens is 402 g/mol. The predicted octanol–water partition coefficient (Wildman–Crippen LogP) is 2.77. The normalized spacial score (nSPS) is 22.5. The fraction of sp³-hybridized carbons (Fsp3) is 0.278. The number of halogens is 1. The van der Waals surface area contributed by atoms with Crippen molar-refractivity contribution in [2.24, 2.45) is 0 Å². The van der Waals surface area contributed by atoms with Gasteiger partial charge in [0.1, 0.15) is 6.04 Å². The molecule has 26 heavy (non-hydrogen) atoms. The molecule has 7 nitrogen and oxygen atoms in total. The van der Waals surface area contributed by atoms with Crippen LogP contribution in [0.25, 0.3) is 0 Å². The SMILES string of the molecule is O=C(N[C@@H]1CCN2C(=O)N(c3ccc(Br)cc3)C(=O)[C@@H]2C1)c1ccco1. The number of fused-ring (bicyclic) bond motifs is 1. The number of rotatable bonds is 3. The van der Waals surface area contributed by atoms with Gasteiger partial charge in [0.15, 0.2) is 5.76 Å². The molecule has 2 saturated heterocycles. The molecule has 1 N–H and O–H groups in total. The van der Waals surface area contributed by atoms with Crippen molar-refractivity contribution in [1.29, 1.82) is 0 Å². The summed E-state index contributed by atoms with van der Waals surface area (Å²) in [6.45, 7) is 0.422. The van der Waals surface area contributed by atoms with Crippen molar-refractivity contribution in [3.63, 3.8) is 0 Å². The molecule has 2 aliphatic heterocycles. The highest BCUT2D eigenvalue weighted by atomic mass is 79.9. The van der Waals surface area contributed by atoms with Crippen molar-refractivity contribution < 1.29 is 18.8 Å². The molecule has 0 aliphatic carbocycles. The summed E-state index contributed by atoms with van der Waals surface area (Å²) >= 11 is 3.35. The standard InChI is InChI=1S/C18H16BrN3O4/c19-11-3-5-13(6-4-11)22-17(24)14-10-12(7-8-21(14)18(22)25)20-16(23)15-2-1-9-26-15/h1-6,9,12,14H,7-8,10H2,(H,20,23)/t12-,14+/m1/s1. The van der Waals surface area contributed by atoms with Crippen molar-refractivity contribution in [1.82, 2.24) is 10.2 Å². The third-order valence-corrected chi connectivity index (χ3v) is 5.24. The second-order valence-electron chi connectivity index (χ2n) is 6.31. The first-order valence-electron chi connectivity index (χ1n) is 8.29. The van der Waals surface area contributed by atoms with E-state index in [1.807, 2.05) is 0 Å².